The molecule has 3 heterocycles. The summed E-state index contributed by atoms with van der Waals surface area (Å²) >= 11 is 5.95. The van der Waals surface area contributed by atoms with Gasteiger partial charge in [-0.3, -0.25) is 9.48 Å². The van der Waals surface area contributed by atoms with Crippen molar-refractivity contribution in [2.75, 3.05) is 5.32 Å². The first-order chi connectivity index (χ1) is 15.8. The first kappa shape index (κ1) is 21.5. The average molecular weight is 471 g/mol. The molecule has 1 aliphatic rings. The first-order valence-electron chi connectivity index (χ1n) is 10.6. The molecule has 0 spiro atoms. The molecule has 0 saturated heterocycles. The fourth-order valence-corrected chi connectivity index (χ4v) is 3.97. The molecule has 1 amide bonds. The van der Waals surface area contributed by atoms with Gasteiger partial charge in [-0.1, -0.05) is 23.7 Å². The lowest BCUT2D eigenvalue weighted by Crippen LogP contribution is -2.14. The number of rotatable bonds is 6. The number of halogens is 3. The highest BCUT2D eigenvalue weighted by Gasteiger charge is 2.28. The van der Waals surface area contributed by atoms with Crippen molar-refractivity contribution < 1.29 is 13.6 Å². The molecule has 1 N–H and O–H groups in total. The summed E-state index contributed by atoms with van der Waals surface area (Å²) in [6, 6.07) is 10.3. The summed E-state index contributed by atoms with van der Waals surface area (Å²) in [6.07, 6.45) is -0.850. The Kier molecular flexibility index (Phi) is 5.36. The van der Waals surface area contributed by atoms with Gasteiger partial charge < -0.3 is 5.32 Å². The minimum absolute atomic E-state index is 0.0154. The molecule has 4 aromatic rings. The number of nitrogens with zero attached hydrogens (tertiary/aromatic N) is 5. The number of anilines is 1. The molecule has 1 aliphatic carbocycles. The van der Waals surface area contributed by atoms with Gasteiger partial charge in [0.25, 0.3) is 12.3 Å². The van der Waals surface area contributed by atoms with E-state index in [1.54, 1.807) is 11.6 Å². The number of benzene rings is 1. The second-order valence-corrected chi connectivity index (χ2v) is 8.70. The second-order valence-electron chi connectivity index (χ2n) is 8.26. The molecule has 0 radical (unpaired) electrons. The van der Waals surface area contributed by atoms with Crippen LogP contribution in [0.25, 0.3) is 5.65 Å². The summed E-state index contributed by atoms with van der Waals surface area (Å²) in [6.45, 7) is 4.16. The average Bonchev–Trinajstić information content (AvgIpc) is 3.49. The van der Waals surface area contributed by atoms with Gasteiger partial charge in [0.05, 0.1) is 23.6 Å². The highest BCUT2D eigenvalue weighted by Crippen LogP contribution is 2.40. The zero-order valence-corrected chi connectivity index (χ0v) is 18.8. The van der Waals surface area contributed by atoms with Crippen LogP contribution in [0.4, 0.5) is 14.5 Å². The summed E-state index contributed by atoms with van der Waals surface area (Å²) in [5.74, 6) is -0.303. The predicted octanol–water partition coefficient (Wildman–Crippen LogP) is 5.31. The zero-order chi connectivity index (χ0) is 23.3. The molecular weight excluding hydrogens is 450 g/mol. The van der Waals surface area contributed by atoms with Crippen LogP contribution in [0.1, 0.15) is 64.0 Å². The van der Waals surface area contributed by atoms with Crippen LogP contribution < -0.4 is 5.32 Å². The van der Waals surface area contributed by atoms with E-state index in [4.69, 9.17) is 11.6 Å². The Balaban J connectivity index is 1.42. The summed E-state index contributed by atoms with van der Waals surface area (Å²) in [5.41, 5.74) is 3.60. The van der Waals surface area contributed by atoms with Crippen molar-refractivity contribution in [3.8, 4) is 0 Å². The Morgan fingerprint density at radius 1 is 1.18 bits per heavy atom. The van der Waals surface area contributed by atoms with E-state index in [0.717, 1.165) is 28.6 Å². The number of carbonyl (C=O) groups excluding carboxylic acids is 1. The summed E-state index contributed by atoms with van der Waals surface area (Å²) < 4.78 is 30.1. The summed E-state index contributed by atoms with van der Waals surface area (Å²) in [4.78, 5) is 17.4. The third-order valence-electron chi connectivity index (χ3n) is 5.79. The number of aryl methyl sites for hydroxylation is 1. The van der Waals surface area contributed by atoms with Crippen LogP contribution >= 0.6 is 11.6 Å². The quantitative estimate of drug-likeness (QED) is 0.414. The Bertz CT molecular complexity index is 1360. The number of aromatic nitrogens is 5. The maximum Gasteiger partial charge on any atom is 0.280 e. The molecule has 33 heavy (non-hydrogen) atoms. The SMILES string of the molecule is Cc1nn(Cc2ccc(Cl)cc2)c(C)c1NC(=O)c1cc2nc(C3CC3)cc(C(F)F)n2n1. The molecule has 5 rings (SSSR count). The van der Waals surface area contributed by atoms with Gasteiger partial charge in [0, 0.05) is 22.7 Å². The number of hydrogen-bond acceptors (Lipinski definition) is 4. The lowest BCUT2D eigenvalue weighted by molar-refractivity contribution is 0.102. The third-order valence-corrected chi connectivity index (χ3v) is 6.04. The highest BCUT2D eigenvalue weighted by molar-refractivity contribution is 6.30. The van der Waals surface area contributed by atoms with Crippen LogP contribution in [0.5, 0.6) is 0 Å². The van der Waals surface area contributed by atoms with Crippen molar-refractivity contribution in [3.05, 3.63) is 75.5 Å². The van der Waals surface area contributed by atoms with E-state index < -0.39 is 12.3 Å². The molecule has 0 aliphatic heterocycles. The highest BCUT2D eigenvalue weighted by atomic mass is 35.5. The van der Waals surface area contributed by atoms with Crippen molar-refractivity contribution in [1.29, 1.82) is 0 Å². The normalized spacial score (nSPS) is 13.8. The van der Waals surface area contributed by atoms with Crippen LogP contribution in [0.3, 0.4) is 0 Å². The van der Waals surface area contributed by atoms with E-state index in [2.05, 4.69) is 20.5 Å². The van der Waals surface area contributed by atoms with E-state index >= 15 is 0 Å². The number of amides is 1. The number of carbonyl (C=O) groups is 1. The Morgan fingerprint density at radius 2 is 1.91 bits per heavy atom. The minimum Gasteiger partial charge on any atom is -0.317 e. The van der Waals surface area contributed by atoms with Crippen molar-refractivity contribution in [1.82, 2.24) is 24.4 Å². The van der Waals surface area contributed by atoms with Crippen molar-refractivity contribution >= 4 is 28.8 Å². The van der Waals surface area contributed by atoms with E-state index in [1.807, 2.05) is 31.2 Å². The van der Waals surface area contributed by atoms with Gasteiger partial charge in [-0.15, -0.1) is 0 Å². The molecule has 1 aromatic carbocycles. The Morgan fingerprint density at radius 3 is 2.58 bits per heavy atom. The van der Waals surface area contributed by atoms with Crippen LogP contribution in [-0.2, 0) is 6.54 Å². The first-order valence-corrected chi connectivity index (χ1v) is 11.0. The van der Waals surface area contributed by atoms with Crippen LogP contribution in [0.15, 0.2) is 36.4 Å². The number of alkyl halides is 2. The van der Waals surface area contributed by atoms with Gasteiger partial charge in [0.15, 0.2) is 11.3 Å². The fraction of sp³-hybridized carbons (Fsp3) is 0.304. The predicted molar refractivity (Wildman–Crippen MR) is 120 cm³/mol. The second kappa shape index (κ2) is 8.22. The number of fused-ring (bicyclic) bond motifs is 1. The van der Waals surface area contributed by atoms with Crippen molar-refractivity contribution in [3.63, 3.8) is 0 Å². The largest absolute Gasteiger partial charge is 0.317 e. The smallest absolute Gasteiger partial charge is 0.280 e. The van der Waals surface area contributed by atoms with Gasteiger partial charge in [-0.2, -0.15) is 10.2 Å². The minimum atomic E-state index is -2.72. The van der Waals surface area contributed by atoms with Gasteiger partial charge in [-0.05, 0) is 50.5 Å². The standard InChI is InChI=1S/C23H21ClF2N6O/c1-12-21(13(2)31(29-12)11-14-3-7-16(24)8-4-14)28-23(33)18-10-20-27-17(15-5-6-15)9-19(22(25)26)32(20)30-18/h3-4,7-10,15,22H,5-6,11H2,1-2H3,(H,28,33). The van der Waals surface area contributed by atoms with Crippen LogP contribution in [0.2, 0.25) is 5.02 Å². The number of nitrogens with one attached hydrogen (secondary N) is 1. The monoisotopic (exact) mass is 470 g/mol. The molecule has 10 heteroatoms. The third kappa shape index (κ3) is 4.20. The topological polar surface area (TPSA) is 77.1 Å². The lowest BCUT2D eigenvalue weighted by atomic mass is 10.2. The molecule has 1 fully saturated rings. The Labute approximate surface area is 193 Å². The van der Waals surface area contributed by atoms with Crippen LogP contribution in [0, 0.1) is 13.8 Å². The molecule has 0 unspecified atom stereocenters. The summed E-state index contributed by atoms with van der Waals surface area (Å²) in [5, 5.41) is 12.1. The van der Waals surface area contributed by atoms with E-state index in [1.165, 1.54) is 12.1 Å². The molecule has 3 aromatic heterocycles. The number of hydrogen-bond donors (Lipinski definition) is 1. The van der Waals surface area contributed by atoms with Gasteiger partial charge in [0.1, 0.15) is 5.69 Å². The molecular formula is C23H21ClF2N6O. The summed E-state index contributed by atoms with van der Waals surface area (Å²) in [7, 11) is 0. The molecule has 7 nitrogen and oxygen atoms in total. The maximum absolute atomic E-state index is 13.6. The van der Waals surface area contributed by atoms with E-state index in [0.29, 0.717) is 28.6 Å². The van der Waals surface area contributed by atoms with Gasteiger partial charge in [-0.25, -0.2) is 18.3 Å². The van der Waals surface area contributed by atoms with E-state index in [-0.39, 0.29) is 23.0 Å². The van der Waals surface area contributed by atoms with E-state index in [9.17, 15) is 13.6 Å². The molecule has 0 atom stereocenters. The van der Waals surface area contributed by atoms with Crippen LogP contribution in [-0.4, -0.2) is 30.3 Å². The molecule has 0 bridgehead atoms. The zero-order valence-electron chi connectivity index (χ0n) is 18.0. The molecule has 170 valence electrons. The van der Waals surface area contributed by atoms with Crippen molar-refractivity contribution in [2.45, 2.75) is 45.6 Å². The lowest BCUT2D eigenvalue weighted by Gasteiger charge is -2.07. The van der Waals surface area contributed by atoms with Gasteiger partial charge in [0.2, 0.25) is 0 Å². The Hall–Kier alpha value is -3.33. The maximum atomic E-state index is 13.6. The van der Waals surface area contributed by atoms with Gasteiger partial charge >= 0.3 is 0 Å². The van der Waals surface area contributed by atoms with Crippen molar-refractivity contribution in [2.24, 2.45) is 0 Å². The fourth-order valence-electron chi connectivity index (χ4n) is 3.84. The molecule has 1 saturated carbocycles.